The van der Waals surface area contributed by atoms with Gasteiger partial charge in [0.2, 0.25) is 5.91 Å². The minimum atomic E-state index is -0.662. The summed E-state index contributed by atoms with van der Waals surface area (Å²) in [4.78, 5) is 10.6. The number of primary amides is 1. The lowest BCUT2D eigenvalue weighted by Crippen LogP contribution is -2.38. The maximum absolute atomic E-state index is 10.6. The number of carbonyl (C=O) groups excluding carboxylic acids is 1. The Kier molecular flexibility index (Phi) is 2.87. The third-order valence-electron chi connectivity index (χ3n) is 1.76. The average Bonchev–Trinajstić information content (AvgIpc) is 2.08. The summed E-state index contributed by atoms with van der Waals surface area (Å²) in [6, 6.07) is 5.84. The predicted molar refractivity (Wildman–Crippen MR) is 50.1 cm³/mol. The monoisotopic (exact) mass is 181 g/mol. The van der Waals surface area contributed by atoms with Crippen molar-refractivity contribution in [2.24, 2.45) is 11.5 Å². The third kappa shape index (κ3) is 2.76. The van der Waals surface area contributed by atoms with Crippen molar-refractivity contribution < 1.29 is 11.3 Å². The van der Waals surface area contributed by atoms with Crippen LogP contribution in [0.3, 0.4) is 0 Å². The molecule has 0 aliphatic rings. The molecule has 0 aromatic heterocycles. The fraction of sp³-hybridized carbons (Fsp3) is 0.222. The maximum atomic E-state index is 10.6. The van der Waals surface area contributed by atoms with E-state index in [4.69, 9.17) is 16.6 Å². The summed E-state index contributed by atoms with van der Waals surface area (Å²) < 4.78 is 0. The van der Waals surface area contributed by atoms with Crippen molar-refractivity contribution in [1.82, 2.24) is 0 Å². The van der Waals surface area contributed by atoms with Crippen LogP contribution in [0, 0.1) is 0 Å². The van der Waals surface area contributed by atoms with Gasteiger partial charge in [-0.25, -0.2) is 0 Å². The highest BCUT2D eigenvalue weighted by Crippen LogP contribution is 2.10. The summed E-state index contributed by atoms with van der Waals surface area (Å²) in [7, 11) is 0. The molecule has 70 valence electrons. The van der Waals surface area contributed by atoms with E-state index in [-0.39, 0.29) is 7.18 Å². The van der Waals surface area contributed by atoms with Crippen molar-refractivity contribution in [2.45, 2.75) is 12.5 Å². The number of benzene rings is 1. The zero-order chi connectivity index (χ0) is 9.84. The van der Waals surface area contributed by atoms with Crippen LogP contribution in [0.1, 0.15) is 6.99 Å². The van der Waals surface area contributed by atoms with Crippen molar-refractivity contribution in [3.63, 3.8) is 0 Å². The van der Waals surface area contributed by atoms with E-state index >= 15 is 0 Å². The highest BCUT2D eigenvalue weighted by Gasteiger charge is 2.09. The van der Waals surface area contributed by atoms with Crippen LogP contribution < -0.4 is 11.5 Å². The van der Waals surface area contributed by atoms with E-state index in [0.29, 0.717) is 6.42 Å². The Morgan fingerprint density at radius 2 is 2.00 bits per heavy atom. The molecule has 0 saturated carbocycles. The molecule has 1 unspecified atom stereocenters. The maximum Gasteiger partial charge on any atom is 1.00 e. The molecular weight excluding hydrogens is 168 g/mol. The summed E-state index contributed by atoms with van der Waals surface area (Å²) >= 11 is 0. The van der Waals surface area contributed by atoms with Gasteiger partial charge in [-0.15, -0.1) is 0 Å². The summed E-state index contributed by atoms with van der Waals surface area (Å²) in [6.07, 6.45) is 0.398. The van der Waals surface area contributed by atoms with Crippen molar-refractivity contribution in [3.8, 4) is 5.75 Å². The predicted octanol–water partition coefficient (Wildman–Crippen LogP) is -0.140. The van der Waals surface area contributed by atoms with Crippen molar-refractivity contribution in [1.29, 1.82) is 0 Å². The van der Waals surface area contributed by atoms with Gasteiger partial charge in [-0.2, -0.15) is 0 Å². The molecule has 13 heavy (non-hydrogen) atoms. The van der Waals surface area contributed by atoms with Gasteiger partial charge in [0.15, 0.2) is 0 Å². The van der Waals surface area contributed by atoms with E-state index in [2.05, 4.69) is 0 Å². The molecule has 1 atom stereocenters. The van der Waals surface area contributed by atoms with E-state index in [0.717, 1.165) is 5.56 Å². The van der Waals surface area contributed by atoms with Crippen LogP contribution in [0.2, 0.25) is 0 Å². The summed E-state index contributed by atoms with van der Waals surface area (Å²) in [6.45, 7) is 0. The average molecular weight is 181 g/mol. The quantitative estimate of drug-likeness (QED) is 0.606. The first-order valence-corrected chi connectivity index (χ1v) is 3.92. The molecule has 4 heteroatoms. The molecule has 4 nitrogen and oxygen atoms in total. The second kappa shape index (κ2) is 3.91. The lowest BCUT2D eigenvalue weighted by atomic mass is 10.1. The van der Waals surface area contributed by atoms with Gasteiger partial charge in [-0.1, -0.05) is 12.1 Å². The van der Waals surface area contributed by atoms with Gasteiger partial charge < -0.3 is 16.6 Å². The fourth-order valence-corrected chi connectivity index (χ4v) is 0.987. The number of phenolic OH excluding ortho intramolecular Hbond substituents is 1. The Morgan fingerprint density at radius 3 is 2.46 bits per heavy atom. The van der Waals surface area contributed by atoms with Crippen LogP contribution in [0.5, 0.6) is 5.75 Å². The minimum absolute atomic E-state index is 0. The topological polar surface area (TPSA) is 89.3 Å². The van der Waals surface area contributed by atoms with E-state index in [9.17, 15) is 4.79 Å². The molecule has 1 aromatic carbocycles. The van der Waals surface area contributed by atoms with Crippen molar-refractivity contribution in [2.75, 3.05) is 0 Å². The first-order valence-electron chi connectivity index (χ1n) is 3.92. The van der Waals surface area contributed by atoms with E-state index in [1.54, 1.807) is 24.3 Å². The molecule has 0 aliphatic heterocycles. The normalized spacial score (nSPS) is 12.4. The molecule has 0 aliphatic carbocycles. The lowest BCUT2D eigenvalue weighted by Gasteiger charge is -2.06. The fourth-order valence-electron chi connectivity index (χ4n) is 0.987. The first-order chi connectivity index (χ1) is 6.09. The van der Waals surface area contributed by atoms with Crippen LogP contribution in [0.25, 0.3) is 0 Å². The van der Waals surface area contributed by atoms with Gasteiger partial charge in [-0.05, 0) is 24.1 Å². The molecule has 0 bridgehead atoms. The molecule has 0 heterocycles. The van der Waals surface area contributed by atoms with E-state index in [1.165, 1.54) is 0 Å². The number of carbonyl (C=O) groups is 1. The first kappa shape index (κ1) is 9.54. The van der Waals surface area contributed by atoms with Crippen LogP contribution in [-0.4, -0.2) is 17.1 Å². The Balaban J connectivity index is 0.00000169. The molecule has 0 saturated heterocycles. The molecule has 0 radical (unpaired) electrons. The van der Waals surface area contributed by atoms with Crippen LogP contribution >= 0.6 is 0 Å². The van der Waals surface area contributed by atoms with Gasteiger partial charge in [0.05, 0.1) is 6.04 Å². The number of amides is 1. The molecule has 1 amide bonds. The smallest absolute Gasteiger partial charge is 0.508 e. The summed E-state index contributed by atoms with van der Waals surface area (Å²) in [5.41, 5.74) is 11.3. The molecule has 0 fully saturated rings. The number of nitrogens with two attached hydrogens (primary N) is 2. The second-order valence-electron chi connectivity index (χ2n) is 2.88. The Bertz CT molecular complexity index is 300. The Labute approximate surface area is 77.6 Å². The van der Waals surface area contributed by atoms with Crippen molar-refractivity contribution >= 4 is 5.91 Å². The number of hydrogen-bond acceptors (Lipinski definition) is 3. The number of aromatic hydroxyl groups is 1. The number of phenols is 1. The van der Waals surface area contributed by atoms with Crippen LogP contribution in [0.4, 0.5) is 0 Å². The molecule has 5 N–H and O–H groups in total. The Morgan fingerprint density at radius 1 is 1.46 bits per heavy atom. The number of hydrogen-bond donors (Lipinski definition) is 3. The third-order valence-corrected chi connectivity index (χ3v) is 1.76. The Hall–Kier alpha value is -1.55. The zero-order valence-corrected chi connectivity index (χ0v) is 7.10. The minimum Gasteiger partial charge on any atom is -0.508 e. The van der Waals surface area contributed by atoms with Crippen molar-refractivity contribution in [3.05, 3.63) is 29.8 Å². The molecule has 1 rings (SSSR count). The van der Waals surface area contributed by atoms with Gasteiger partial charge in [-0.3, -0.25) is 4.79 Å². The standard InChI is InChI=1S/C9H12N2O2/c10-8(9(11)13)5-6-1-3-7(12)4-2-6/h1-4,8,12H,5,10H2,(H2,11,13)/p+1. The largest absolute Gasteiger partial charge is 1.00 e. The SMILES string of the molecule is NC(=O)C(N)Cc1ccc(O)cc1.[H+]. The second-order valence-corrected chi connectivity index (χ2v) is 2.88. The molecule has 0 spiro atoms. The van der Waals surface area contributed by atoms with E-state index in [1.807, 2.05) is 0 Å². The van der Waals surface area contributed by atoms with Gasteiger partial charge in [0.25, 0.3) is 0 Å². The highest BCUT2D eigenvalue weighted by molar-refractivity contribution is 5.79. The van der Waals surface area contributed by atoms with Gasteiger partial charge in [0.1, 0.15) is 5.75 Å². The zero-order valence-electron chi connectivity index (χ0n) is 8.10. The number of rotatable bonds is 3. The lowest BCUT2D eigenvalue weighted by molar-refractivity contribution is -0.119. The summed E-state index contributed by atoms with van der Waals surface area (Å²) in [5.74, 6) is -0.329. The summed E-state index contributed by atoms with van der Waals surface area (Å²) in [5, 5.41) is 8.98. The van der Waals surface area contributed by atoms with Gasteiger partial charge >= 0.3 is 1.43 Å². The van der Waals surface area contributed by atoms with Gasteiger partial charge in [0, 0.05) is 0 Å². The van der Waals surface area contributed by atoms with Crippen LogP contribution in [-0.2, 0) is 11.2 Å². The highest BCUT2D eigenvalue weighted by atomic mass is 16.3. The molecular formula is C9H13N2O2+. The van der Waals surface area contributed by atoms with E-state index < -0.39 is 11.9 Å². The molecule has 1 aromatic rings. The van der Waals surface area contributed by atoms with Crippen LogP contribution in [0.15, 0.2) is 24.3 Å².